The number of thiazole rings is 1. The van der Waals surface area contributed by atoms with Crippen molar-refractivity contribution in [3.8, 4) is 0 Å². The molecule has 2 fully saturated rings. The van der Waals surface area contributed by atoms with Crippen molar-refractivity contribution in [2.24, 2.45) is 0 Å². The second-order valence-corrected chi connectivity index (χ2v) is 6.70. The molecule has 0 spiro atoms. The lowest BCUT2D eigenvalue weighted by molar-refractivity contribution is 0.0715. The van der Waals surface area contributed by atoms with Crippen LogP contribution in [0.15, 0.2) is 0 Å². The summed E-state index contributed by atoms with van der Waals surface area (Å²) in [4.78, 5) is 19.4. The molecule has 2 atom stereocenters. The summed E-state index contributed by atoms with van der Waals surface area (Å²) in [5, 5.41) is 3.85. The number of nitrogens with one attached hydrogen (secondary N) is 1. The van der Waals surface area contributed by atoms with Crippen LogP contribution in [-0.2, 0) is 4.74 Å². The van der Waals surface area contributed by atoms with E-state index in [0.717, 1.165) is 37.7 Å². The number of anilines is 2. The van der Waals surface area contributed by atoms with Crippen LogP contribution in [0.5, 0.6) is 0 Å². The molecule has 3 N–H and O–H groups in total. The van der Waals surface area contributed by atoms with Gasteiger partial charge in [0, 0.05) is 19.7 Å². The highest BCUT2D eigenvalue weighted by atomic mass is 32.1. The van der Waals surface area contributed by atoms with E-state index in [1.807, 2.05) is 6.92 Å². The van der Waals surface area contributed by atoms with E-state index in [-0.39, 0.29) is 18.1 Å². The Balaban J connectivity index is 1.66. The summed E-state index contributed by atoms with van der Waals surface area (Å²) >= 11 is 1.39. The fraction of sp³-hybridized carbons (Fsp3) is 0.714. The molecule has 2 aliphatic rings. The lowest BCUT2D eigenvalue weighted by Gasteiger charge is -2.19. The van der Waals surface area contributed by atoms with Crippen molar-refractivity contribution < 1.29 is 9.53 Å². The summed E-state index contributed by atoms with van der Waals surface area (Å²) in [5.41, 5.74) is 5.92. The van der Waals surface area contributed by atoms with E-state index in [4.69, 9.17) is 10.5 Å². The topological polar surface area (TPSA) is 80.5 Å². The first-order valence-corrected chi connectivity index (χ1v) is 8.40. The lowest BCUT2D eigenvalue weighted by atomic mass is 10.1. The first kappa shape index (κ1) is 14.6. The van der Waals surface area contributed by atoms with Crippen LogP contribution in [0.1, 0.15) is 42.3 Å². The van der Waals surface area contributed by atoms with E-state index < -0.39 is 0 Å². The van der Waals surface area contributed by atoms with Crippen LogP contribution in [-0.4, -0.2) is 42.7 Å². The number of carbonyl (C=O) groups is 1. The summed E-state index contributed by atoms with van der Waals surface area (Å²) < 4.78 is 5.60. The number of aromatic nitrogens is 1. The molecular weight excluding hydrogens is 288 g/mol. The molecule has 0 aromatic carbocycles. The van der Waals surface area contributed by atoms with E-state index in [1.165, 1.54) is 24.2 Å². The van der Waals surface area contributed by atoms with Crippen LogP contribution in [0, 0.1) is 0 Å². The Kier molecular flexibility index (Phi) is 4.30. The van der Waals surface area contributed by atoms with E-state index in [0.29, 0.717) is 10.7 Å². The zero-order chi connectivity index (χ0) is 14.8. The molecule has 1 amide bonds. The highest BCUT2D eigenvalue weighted by molar-refractivity contribution is 7.18. The predicted octanol–water partition coefficient (Wildman–Crippen LogP) is 1.62. The minimum Gasteiger partial charge on any atom is -0.382 e. The van der Waals surface area contributed by atoms with Gasteiger partial charge in [-0.25, -0.2) is 4.98 Å². The number of rotatable bonds is 4. The van der Waals surface area contributed by atoms with E-state index in [2.05, 4.69) is 15.2 Å². The van der Waals surface area contributed by atoms with E-state index in [1.54, 1.807) is 0 Å². The number of ether oxygens (including phenoxy) is 1. The number of nitrogens with two attached hydrogens (primary N) is 1. The van der Waals surface area contributed by atoms with Crippen molar-refractivity contribution in [3.05, 3.63) is 4.88 Å². The Labute approximate surface area is 128 Å². The van der Waals surface area contributed by atoms with Gasteiger partial charge in [-0.2, -0.15) is 0 Å². The summed E-state index contributed by atoms with van der Waals surface area (Å²) in [6.07, 6.45) is 4.53. The van der Waals surface area contributed by atoms with Gasteiger partial charge < -0.3 is 20.7 Å². The molecule has 0 saturated carbocycles. The Morgan fingerprint density at radius 1 is 1.48 bits per heavy atom. The molecule has 2 unspecified atom stereocenters. The zero-order valence-electron chi connectivity index (χ0n) is 12.3. The second-order valence-electron chi connectivity index (χ2n) is 5.72. The van der Waals surface area contributed by atoms with Crippen LogP contribution in [0.3, 0.4) is 0 Å². The Hall–Kier alpha value is -1.34. The third-order valence-electron chi connectivity index (χ3n) is 4.11. The standard InChI is InChI=1S/C14H22N4O2S/c1-9(10-5-4-8-20-10)16-13(19)11-12(15)17-14(21-11)18-6-2-3-7-18/h9-10H,2-8,15H2,1H3,(H,16,19). The molecule has 1 aromatic rings. The zero-order valence-corrected chi connectivity index (χ0v) is 13.1. The van der Waals surface area contributed by atoms with Gasteiger partial charge in [0.05, 0.1) is 12.1 Å². The van der Waals surface area contributed by atoms with E-state index in [9.17, 15) is 4.79 Å². The Bertz CT molecular complexity index is 507. The van der Waals surface area contributed by atoms with Gasteiger partial charge in [-0.1, -0.05) is 11.3 Å². The SMILES string of the molecule is CC(NC(=O)c1sc(N2CCCC2)nc1N)C1CCCO1. The van der Waals surface area contributed by atoms with Gasteiger partial charge in [0.25, 0.3) is 5.91 Å². The maximum Gasteiger partial charge on any atom is 0.265 e. The number of hydrogen-bond acceptors (Lipinski definition) is 6. The molecule has 0 bridgehead atoms. The molecule has 3 rings (SSSR count). The van der Waals surface area contributed by atoms with Crippen LogP contribution in [0.2, 0.25) is 0 Å². The van der Waals surface area contributed by atoms with Gasteiger partial charge in [-0.3, -0.25) is 4.79 Å². The number of hydrogen-bond donors (Lipinski definition) is 2. The first-order valence-electron chi connectivity index (χ1n) is 7.59. The van der Waals surface area contributed by atoms with Crippen molar-refractivity contribution in [2.75, 3.05) is 30.3 Å². The summed E-state index contributed by atoms with van der Waals surface area (Å²) in [6, 6.07) is -0.00302. The monoisotopic (exact) mass is 310 g/mol. The summed E-state index contributed by atoms with van der Waals surface area (Å²) in [6.45, 7) is 4.76. The van der Waals surface area contributed by atoms with Crippen LogP contribution in [0.25, 0.3) is 0 Å². The number of nitrogens with zero attached hydrogens (tertiary/aromatic N) is 2. The van der Waals surface area contributed by atoms with Crippen LogP contribution < -0.4 is 16.0 Å². The van der Waals surface area contributed by atoms with Crippen molar-refractivity contribution in [1.29, 1.82) is 0 Å². The number of carbonyl (C=O) groups excluding carboxylic acids is 1. The molecule has 1 aromatic heterocycles. The molecule has 0 aliphatic carbocycles. The highest BCUT2D eigenvalue weighted by Crippen LogP contribution is 2.30. The number of nitrogen functional groups attached to an aromatic ring is 1. The van der Waals surface area contributed by atoms with Crippen molar-refractivity contribution in [1.82, 2.24) is 10.3 Å². The number of amides is 1. The Morgan fingerprint density at radius 3 is 2.90 bits per heavy atom. The molecule has 21 heavy (non-hydrogen) atoms. The molecule has 6 nitrogen and oxygen atoms in total. The van der Waals surface area contributed by atoms with Gasteiger partial charge in [0.2, 0.25) is 0 Å². The third-order valence-corrected chi connectivity index (χ3v) is 5.24. The van der Waals surface area contributed by atoms with Gasteiger partial charge in [-0.05, 0) is 32.6 Å². The molecule has 3 heterocycles. The van der Waals surface area contributed by atoms with Crippen LogP contribution in [0.4, 0.5) is 10.9 Å². The summed E-state index contributed by atoms with van der Waals surface area (Å²) in [5.74, 6) is 0.192. The Morgan fingerprint density at radius 2 is 2.24 bits per heavy atom. The molecule has 7 heteroatoms. The molecule has 2 saturated heterocycles. The minimum atomic E-state index is -0.140. The maximum absolute atomic E-state index is 12.4. The smallest absolute Gasteiger partial charge is 0.265 e. The van der Waals surface area contributed by atoms with Gasteiger partial charge in [0.15, 0.2) is 5.13 Å². The third kappa shape index (κ3) is 3.13. The lowest BCUT2D eigenvalue weighted by Crippen LogP contribution is -2.40. The first-order chi connectivity index (χ1) is 10.1. The van der Waals surface area contributed by atoms with Crippen molar-refractivity contribution >= 4 is 28.2 Å². The normalized spacial score (nSPS) is 23.5. The highest BCUT2D eigenvalue weighted by Gasteiger charge is 2.26. The molecule has 116 valence electrons. The van der Waals surface area contributed by atoms with Crippen LogP contribution >= 0.6 is 11.3 Å². The second kappa shape index (κ2) is 6.19. The van der Waals surface area contributed by atoms with Crippen molar-refractivity contribution in [2.45, 2.75) is 44.8 Å². The fourth-order valence-electron chi connectivity index (χ4n) is 2.89. The molecular formula is C14H22N4O2S. The average molecular weight is 310 g/mol. The molecule has 0 radical (unpaired) electrons. The molecule has 2 aliphatic heterocycles. The largest absolute Gasteiger partial charge is 0.382 e. The van der Waals surface area contributed by atoms with Gasteiger partial charge in [-0.15, -0.1) is 0 Å². The maximum atomic E-state index is 12.4. The van der Waals surface area contributed by atoms with E-state index >= 15 is 0 Å². The predicted molar refractivity (Wildman–Crippen MR) is 83.9 cm³/mol. The van der Waals surface area contributed by atoms with Crippen molar-refractivity contribution in [3.63, 3.8) is 0 Å². The van der Waals surface area contributed by atoms with Gasteiger partial charge >= 0.3 is 0 Å². The summed E-state index contributed by atoms with van der Waals surface area (Å²) in [7, 11) is 0. The average Bonchev–Trinajstić information content (AvgIpc) is 3.20. The minimum absolute atomic E-state index is 0.00302. The quantitative estimate of drug-likeness (QED) is 0.883. The fourth-order valence-corrected chi connectivity index (χ4v) is 3.83. The van der Waals surface area contributed by atoms with Gasteiger partial charge in [0.1, 0.15) is 10.7 Å².